The molecule has 1 unspecified atom stereocenters. The Morgan fingerprint density at radius 2 is 2.05 bits per heavy atom. The number of amides is 1. The summed E-state index contributed by atoms with van der Waals surface area (Å²) in [6, 6.07) is 1.16. The van der Waals surface area contributed by atoms with E-state index in [1.54, 1.807) is 4.90 Å². The number of aliphatic hydroxyl groups excluding tert-OH is 1. The van der Waals surface area contributed by atoms with Gasteiger partial charge in [0.2, 0.25) is 5.91 Å². The van der Waals surface area contributed by atoms with Crippen molar-refractivity contribution in [2.24, 2.45) is 0 Å². The van der Waals surface area contributed by atoms with E-state index in [4.69, 9.17) is 9.84 Å². The van der Waals surface area contributed by atoms with E-state index in [1.807, 2.05) is 0 Å². The Balaban J connectivity index is 1.97. The lowest BCUT2D eigenvalue weighted by Crippen LogP contribution is -2.42. The molecule has 1 N–H and O–H groups in total. The van der Waals surface area contributed by atoms with Crippen molar-refractivity contribution in [1.29, 1.82) is 0 Å². The van der Waals surface area contributed by atoms with E-state index in [0.29, 0.717) is 26.3 Å². The molecule has 1 aromatic rings. The molecule has 0 bridgehead atoms. The SMILES string of the molecule is O=C(Cn1ccc(C(O)C(F)(F)F)c1)N1CCOCC1. The Morgan fingerprint density at radius 3 is 2.65 bits per heavy atom. The van der Waals surface area contributed by atoms with Crippen LogP contribution in [-0.4, -0.2) is 53.0 Å². The first-order chi connectivity index (χ1) is 9.38. The minimum atomic E-state index is -4.71. The van der Waals surface area contributed by atoms with E-state index in [0.717, 1.165) is 12.3 Å². The fourth-order valence-electron chi connectivity index (χ4n) is 1.98. The van der Waals surface area contributed by atoms with Gasteiger partial charge in [-0.3, -0.25) is 4.79 Å². The molecule has 0 spiro atoms. The van der Waals surface area contributed by atoms with Gasteiger partial charge in [0.25, 0.3) is 0 Å². The third-order valence-electron chi connectivity index (χ3n) is 3.08. The summed E-state index contributed by atoms with van der Waals surface area (Å²) >= 11 is 0. The number of halogens is 3. The third-order valence-corrected chi connectivity index (χ3v) is 3.08. The number of carbonyl (C=O) groups excluding carboxylic acids is 1. The molecule has 1 amide bonds. The highest BCUT2D eigenvalue weighted by atomic mass is 19.4. The summed E-state index contributed by atoms with van der Waals surface area (Å²) < 4.78 is 43.5. The van der Waals surface area contributed by atoms with Crippen molar-refractivity contribution in [1.82, 2.24) is 9.47 Å². The number of ether oxygens (including phenoxy) is 1. The molecule has 0 radical (unpaired) electrons. The zero-order valence-electron chi connectivity index (χ0n) is 10.6. The van der Waals surface area contributed by atoms with Crippen LogP contribution < -0.4 is 0 Å². The van der Waals surface area contributed by atoms with Crippen LogP contribution in [0, 0.1) is 0 Å². The zero-order chi connectivity index (χ0) is 14.8. The monoisotopic (exact) mass is 292 g/mol. The van der Waals surface area contributed by atoms with Crippen LogP contribution in [0.2, 0.25) is 0 Å². The van der Waals surface area contributed by atoms with Crippen molar-refractivity contribution < 1.29 is 27.8 Å². The van der Waals surface area contributed by atoms with Crippen LogP contribution in [0.5, 0.6) is 0 Å². The minimum absolute atomic E-state index is 0.0510. The number of carbonyl (C=O) groups is 1. The van der Waals surface area contributed by atoms with E-state index >= 15 is 0 Å². The summed E-state index contributed by atoms with van der Waals surface area (Å²) in [6.45, 7) is 1.85. The van der Waals surface area contributed by atoms with Gasteiger partial charge in [0.05, 0.1) is 13.2 Å². The van der Waals surface area contributed by atoms with E-state index < -0.39 is 12.3 Å². The molecule has 0 saturated carbocycles. The van der Waals surface area contributed by atoms with Crippen LogP contribution in [0.3, 0.4) is 0 Å². The number of aliphatic hydroxyl groups is 1. The second-order valence-electron chi connectivity index (χ2n) is 4.55. The maximum absolute atomic E-state index is 12.3. The lowest BCUT2D eigenvalue weighted by Gasteiger charge is -2.27. The Hall–Kier alpha value is -1.54. The predicted octanol–water partition coefficient (Wildman–Crippen LogP) is 0.943. The number of rotatable bonds is 3. The minimum Gasteiger partial charge on any atom is -0.379 e. The summed E-state index contributed by atoms with van der Waals surface area (Å²) in [5.41, 5.74) is -0.271. The third kappa shape index (κ3) is 3.51. The molecule has 1 aliphatic rings. The van der Waals surface area contributed by atoms with Gasteiger partial charge >= 0.3 is 6.18 Å². The first-order valence-electron chi connectivity index (χ1n) is 6.14. The summed E-state index contributed by atoms with van der Waals surface area (Å²) in [5.74, 6) is -0.183. The van der Waals surface area contributed by atoms with Crippen LogP contribution in [0.1, 0.15) is 11.7 Å². The average molecular weight is 292 g/mol. The molecule has 0 aliphatic carbocycles. The van der Waals surface area contributed by atoms with E-state index in [9.17, 15) is 18.0 Å². The molecule has 2 heterocycles. The second kappa shape index (κ2) is 5.84. The molecule has 8 heteroatoms. The summed E-state index contributed by atoms with van der Waals surface area (Å²) in [6.07, 6.45) is -4.75. The van der Waals surface area contributed by atoms with Gasteiger partial charge in [-0.15, -0.1) is 0 Å². The molecule has 20 heavy (non-hydrogen) atoms. The van der Waals surface area contributed by atoms with Gasteiger partial charge in [0.1, 0.15) is 6.54 Å². The number of hydrogen-bond acceptors (Lipinski definition) is 3. The molecular weight excluding hydrogens is 277 g/mol. The molecule has 1 fully saturated rings. The van der Waals surface area contributed by atoms with Gasteiger partial charge in [-0.25, -0.2) is 0 Å². The van der Waals surface area contributed by atoms with Crippen molar-refractivity contribution in [3.05, 3.63) is 24.0 Å². The molecule has 1 aliphatic heterocycles. The molecular formula is C12H15F3N2O3. The smallest absolute Gasteiger partial charge is 0.379 e. The largest absolute Gasteiger partial charge is 0.418 e. The van der Waals surface area contributed by atoms with Crippen LogP contribution in [-0.2, 0) is 16.1 Å². The lowest BCUT2D eigenvalue weighted by molar-refractivity contribution is -0.206. The highest BCUT2D eigenvalue weighted by Gasteiger charge is 2.39. The van der Waals surface area contributed by atoms with Gasteiger partial charge in [-0.1, -0.05) is 0 Å². The average Bonchev–Trinajstić information content (AvgIpc) is 2.86. The highest BCUT2D eigenvalue weighted by Crippen LogP contribution is 2.32. The summed E-state index contributed by atoms with van der Waals surface area (Å²) in [5, 5.41) is 9.10. The maximum atomic E-state index is 12.3. The van der Waals surface area contributed by atoms with Gasteiger partial charge in [0.15, 0.2) is 6.10 Å². The van der Waals surface area contributed by atoms with E-state index in [2.05, 4.69) is 0 Å². The topological polar surface area (TPSA) is 54.7 Å². The Kier molecular flexibility index (Phi) is 4.34. The van der Waals surface area contributed by atoms with Gasteiger partial charge < -0.3 is 19.3 Å². The molecule has 2 rings (SSSR count). The van der Waals surface area contributed by atoms with Crippen molar-refractivity contribution >= 4 is 5.91 Å². The summed E-state index contributed by atoms with van der Waals surface area (Å²) in [7, 11) is 0. The number of morpholine rings is 1. The molecule has 1 aromatic heterocycles. The lowest BCUT2D eigenvalue weighted by atomic mass is 10.2. The first kappa shape index (κ1) is 14.9. The van der Waals surface area contributed by atoms with Crippen molar-refractivity contribution in [3.8, 4) is 0 Å². The van der Waals surface area contributed by atoms with Crippen molar-refractivity contribution in [2.75, 3.05) is 26.3 Å². The standard InChI is InChI=1S/C12H15F3N2O3/c13-12(14,15)11(19)9-1-2-16(7-9)8-10(18)17-3-5-20-6-4-17/h1-2,7,11,19H,3-6,8H2. The maximum Gasteiger partial charge on any atom is 0.418 e. The van der Waals surface area contributed by atoms with Crippen molar-refractivity contribution in [3.63, 3.8) is 0 Å². The number of alkyl halides is 3. The molecule has 112 valence electrons. The van der Waals surface area contributed by atoms with Crippen LogP contribution in [0.15, 0.2) is 18.5 Å². The highest BCUT2D eigenvalue weighted by molar-refractivity contribution is 5.76. The van der Waals surface area contributed by atoms with Gasteiger partial charge in [-0.05, 0) is 6.07 Å². The summed E-state index contributed by atoms with van der Waals surface area (Å²) in [4.78, 5) is 13.5. The zero-order valence-corrected chi connectivity index (χ0v) is 10.6. The number of nitrogens with zero attached hydrogens (tertiary/aromatic N) is 2. The Bertz CT molecular complexity index is 467. The molecule has 5 nitrogen and oxygen atoms in total. The van der Waals surface area contributed by atoms with Gasteiger partial charge in [-0.2, -0.15) is 13.2 Å². The Labute approximate surface area is 113 Å². The van der Waals surface area contributed by atoms with Crippen LogP contribution in [0.25, 0.3) is 0 Å². The fraction of sp³-hybridized carbons (Fsp3) is 0.583. The normalized spacial score (nSPS) is 18.1. The first-order valence-corrected chi connectivity index (χ1v) is 6.14. The van der Waals surface area contributed by atoms with E-state index in [1.165, 1.54) is 10.8 Å². The van der Waals surface area contributed by atoms with E-state index in [-0.39, 0.29) is 18.0 Å². The van der Waals surface area contributed by atoms with Gasteiger partial charge in [0, 0.05) is 31.0 Å². The van der Waals surface area contributed by atoms with Crippen LogP contribution >= 0.6 is 0 Å². The second-order valence-corrected chi connectivity index (χ2v) is 4.55. The van der Waals surface area contributed by atoms with Crippen LogP contribution in [0.4, 0.5) is 13.2 Å². The molecule has 1 saturated heterocycles. The fourth-order valence-corrected chi connectivity index (χ4v) is 1.98. The number of hydrogen-bond donors (Lipinski definition) is 1. The Morgan fingerprint density at radius 1 is 1.40 bits per heavy atom. The quantitative estimate of drug-likeness (QED) is 0.902. The molecule has 0 aromatic carbocycles. The number of aromatic nitrogens is 1. The predicted molar refractivity (Wildman–Crippen MR) is 62.8 cm³/mol. The van der Waals surface area contributed by atoms with Crippen molar-refractivity contribution in [2.45, 2.75) is 18.8 Å². The molecule has 1 atom stereocenters.